The van der Waals surface area contributed by atoms with Crippen molar-refractivity contribution in [2.45, 2.75) is 12.8 Å². The van der Waals surface area contributed by atoms with Crippen molar-refractivity contribution in [3.8, 4) is 0 Å². The maximum atomic E-state index is 11.2. The first-order chi connectivity index (χ1) is 7.26. The largest absolute Gasteiger partial charge is 0.396 e. The normalized spacial score (nSPS) is 10.0. The Morgan fingerprint density at radius 1 is 1.33 bits per heavy atom. The Balaban J connectivity index is 2.52. The summed E-state index contributed by atoms with van der Waals surface area (Å²) >= 11 is 5.44. The SMILES string of the molecule is O=C(CCCl)Nc1ccc(CCO)cc1. The van der Waals surface area contributed by atoms with E-state index in [9.17, 15) is 4.79 Å². The van der Waals surface area contributed by atoms with Gasteiger partial charge in [-0.15, -0.1) is 11.6 Å². The second-order valence-electron chi connectivity index (χ2n) is 3.16. The number of hydrogen-bond acceptors (Lipinski definition) is 2. The summed E-state index contributed by atoms with van der Waals surface area (Å²) in [6.45, 7) is 0.137. The number of alkyl halides is 1. The van der Waals surface area contributed by atoms with Crippen molar-refractivity contribution < 1.29 is 9.90 Å². The standard InChI is InChI=1S/C11H14ClNO2/c12-7-5-11(15)13-10-3-1-9(2-4-10)6-8-14/h1-4,14H,5-8H2,(H,13,15). The molecular formula is C11H14ClNO2. The quantitative estimate of drug-likeness (QED) is 0.754. The van der Waals surface area contributed by atoms with Crippen LogP contribution in [0.2, 0.25) is 0 Å². The molecule has 0 saturated heterocycles. The second kappa shape index (κ2) is 6.43. The van der Waals surface area contributed by atoms with Gasteiger partial charge in [-0.2, -0.15) is 0 Å². The highest BCUT2D eigenvalue weighted by molar-refractivity contribution is 6.19. The molecule has 82 valence electrons. The van der Waals surface area contributed by atoms with Crippen molar-refractivity contribution in [3.05, 3.63) is 29.8 Å². The molecule has 2 N–H and O–H groups in total. The molecule has 0 bridgehead atoms. The van der Waals surface area contributed by atoms with E-state index in [1.807, 2.05) is 24.3 Å². The summed E-state index contributed by atoms with van der Waals surface area (Å²) in [5, 5.41) is 11.4. The van der Waals surface area contributed by atoms with Gasteiger partial charge in [-0.05, 0) is 24.1 Å². The Morgan fingerprint density at radius 2 is 2.00 bits per heavy atom. The van der Waals surface area contributed by atoms with E-state index in [0.717, 1.165) is 11.3 Å². The van der Waals surface area contributed by atoms with Crippen LogP contribution in [0.15, 0.2) is 24.3 Å². The van der Waals surface area contributed by atoms with Gasteiger partial charge >= 0.3 is 0 Å². The number of benzene rings is 1. The summed E-state index contributed by atoms with van der Waals surface area (Å²) in [5.74, 6) is 0.244. The van der Waals surface area contributed by atoms with Gasteiger partial charge in [0.1, 0.15) is 0 Å². The van der Waals surface area contributed by atoms with E-state index in [2.05, 4.69) is 5.32 Å². The third kappa shape index (κ3) is 4.32. The number of halogens is 1. The van der Waals surface area contributed by atoms with E-state index in [0.29, 0.717) is 18.7 Å². The first kappa shape index (κ1) is 12.0. The summed E-state index contributed by atoms with van der Waals surface area (Å²) in [6, 6.07) is 7.40. The molecule has 0 aliphatic carbocycles. The van der Waals surface area contributed by atoms with Crippen molar-refractivity contribution in [2.24, 2.45) is 0 Å². The smallest absolute Gasteiger partial charge is 0.225 e. The average molecular weight is 228 g/mol. The van der Waals surface area contributed by atoms with Crippen LogP contribution in [-0.4, -0.2) is 23.5 Å². The molecule has 1 rings (SSSR count). The van der Waals surface area contributed by atoms with E-state index in [1.165, 1.54) is 0 Å². The van der Waals surface area contributed by atoms with Gasteiger partial charge in [-0.1, -0.05) is 12.1 Å². The molecule has 0 unspecified atom stereocenters. The van der Waals surface area contributed by atoms with Crippen LogP contribution in [0.1, 0.15) is 12.0 Å². The highest BCUT2D eigenvalue weighted by Crippen LogP contribution is 2.10. The zero-order valence-electron chi connectivity index (χ0n) is 8.37. The highest BCUT2D eigenvalue weighted by Gasteiger charge is 2.00. The van der Waals surface area contributed by atoms with E-state index < -0.39 is 0 Å². The van der Waals surface area contributed by atoms with Crippen LogP contribution in [0.4, 0.5) is 5.69 Å². The lowest BCUT2D eigenvalue weighted by molar-refractivity contribution is -0.115. The van der Waals surface area contributed by atoms with Gasteiger partial charge in [0.25, 0.3) is 0 Å². The van der Waals surface area contributed by atoms with Crippen molar-refractivity contribution in [3.63, 3.8) is 0 Å². The van der Waals surface area contributed by atoms with Crippen LogP contribution in [0.25, 0.3) is 0 Å². The average Bonchev–Trinajstić information content (AvgIpc) is 2.22. The molecule has 15 heavy (non-hydrogen) atoms. The van der Waals surface area contributed by atoms with Crippen LogP contribution in [0.3, 0.4) is 0 Å². The first-order valence-corrected chi connectivity index (χ1v) is 5.35. The molecule has 1 aromatic carbocycles. The van der Waals surface area contributed by atoms with E-state index >= 15 is 0 Å². The van der Waals surface area contributed by atoms with Crippen LogP contribution >= 0.6 is 11.6 Å². The fraction of sp³-hybridized carbons (Fsp3) is 0.364. The zero-order chi connectivity index (χ0) is 11.1. The maximum Gasteiger partial charge on any atom is 0.225 e. The van der Waals surface area contributed by atoms with Crippen LogP contribution < -0.4 is 5.32 Å². The molecule has 0 saturated carbocycles. The fourth-order valence-electron chi connectivity index (χ4n) is 1.19. The third-order valence-corrected chi connectivity index (χ3v) is 2.15. The van der Waals surface area contributed by atoms with Gasteiger partial charge in [0.15, 0.2) is 0 Å². The molecule has 0 radical (unpaired) electrons. The molecule has 1 aromatic rings. The topological polar surface area (TPSA) is 49.3 Å². The molecular weight excluding hydrogens is 214 g/mol. The minimum atomic E-state index is -0.0834. The third-order valence-electron chi connectivity index (χ3n) is 1.96. The number of nitrogens with one attached hydrogen (secondary N) is 1. The molecule has 0 heterocycles. The van der Waals surface area contributed by atoms with Crippen molar-refractivity contribution >= 4 is 23.2 Å². The van der Waals surface area contributed by atoms with E-state index in [-0.39, 0.29) is 12.5 Å². The lowest BCUT2D eigenvalue weighted by Crippen LogP contribution is -2.11. The van der Waals surface area contributed by atoms with Gasteiger partial charge in [0.2, 0.25) is 5.91 Å². The molecule has 0 aliphatic heterocycles. The minimum absolute atomic E-state index is 0.0834. The fourth-order valence-corrected chi connectivity index (χ4v) is 1.36. The molecule has 0 fully saturated rings. The molecule has 0 aliphatic rings. The van der Waals surface area contributed by atoms with Crippen molar-refractivity contribution in [1.29, 1.82) is 0 Å². The predicted octanol–water partition coefficient (Wildman–Crippen LogP) is 1.79. The molecule has 0 spiro atoms. The van der Waals surface area contributed by atoms with Gasteiger partial charge in [-0.3, -0.25) is 4.79 Å². The van der Waals surface area contributed by atoms with Gasteiger partial charge in [0, 0.05) is 24.6 Å². The Morgan fingerprint density at radius 3 is 2.53 bits per heavy atom. The summed E-state index contributed by atoms with van der Waals surface area (Å²) in [6.07, 6.45) is 0.954. The Hall–Kier alpha value is -1.06. The minimum Gasteiger partial charge on any atom is -0.396 e. The first-order valence-electron chi connectivity index (χ1n) is 4.82. The van der Waals surface area contributed by atoms with E-state index in [4.69, 9.17) is 16.7 Å². The maximum absolute atomic E-state index is 11.2. The number of hydrogen-bond donors (Lipinski definition) is 2. The number of aliphatic hydroxyl groups excluding tert-OH is 1. The second-order valence-corrected chi connectivity index (χ2v) is 3.54. The lowest BCUT2D eigenvalue weighted by atomic mass is 10.1. The molecule has 4 heteroatoms. The van der Waals surface area contributed by atoms with Crippen molar-refractivity contribution in [1.82, 2.24) is 0 Å². The molecule has 0 atom stereocenters. The Kier molecular flexibility index (Phi) is 5.15. The van der Waals surface area contributed by atoms with Crippen molar-refractivity contribution in [2.75, 3.05) is 17.8 Å². The summed E-state index contributed by atoms with van der Waals surface area (Å²) in [7, 11) is 0. The van der Waals surface area contributed by atoms with E-state index in [1.54, 1.807) is 0 Å². The number of carbonyl (C=O) groups is 1. The highest BCUT2D eigenvalue weighted by atomic mass is 35.5. The van der Waals surface area contributed by atoms with Gasteiger partial charge < -0.3 is 10.4 Å². The molecule has 1 amide bonds. The Bertz CT molecular complexity index is 311. The summed E-state index contributed by atoms with van der Waals surface area (Å²) in [5.41, 5.74) is 1.81. The number of rotatable bonds is 5. The lowest BCUT2D eigenvalue weighted by Gasteiger charge is -2.04. The number of amides is 1. The van der Waals surface area contributed by atoms with Crippen LogP contribution in [0, 0.1) is 0 Å². The summed E-state index contributed by atoms with van der Waals surface area (Å²) < 4.78 is 0. The van der Waals surface area contributed by atoms with Gasteiger partial charge in [0.05, 0.1) is 0 Å². The van der Waals surface area contributed by atoms with Crippen LogP contribution in [0.5, 0.6) is 0 Å². The predicted molar refractivity (Wildman–Crippen MR) is 61.2 cm³/mol. The Labute approximate surface area is 94.1 Å². The number of anilines is 1. The number of carbonyl (C=O) groups excluding carboxylic acids is 1. The number of aliphatic hydroxyl groups is 1. The molecule has 0 aromatic heterocycles. The van der Waals surface area contributed by atoms with Crippen LogP contribution in [-0.2, 0) is 11.2 Å². The molecule has 3 nitrogen and oxygen atoms in total. The monoisotopic (exact) mass is 227 g/mol. The van der Waals surface area contributed by atoms with Gasteiger partial charge in [-0.25, -0.2) is 0 Å². The zero-order valence-corrected chi connectivity index (χ0v) is 9.13. The summed E-state index contributed by atoms with van der Waals surface area (Å²) in [4.78, 5) is 11.2.